The Bertz CT molecular complexity index is 737. The molecule has 25 heavy (non-hydrogen) atoms. The Balaban J connectivity index is 1.97. The summed E-state index contributed by atoms with van der Waals surface area (Å²) in [5.41, 5.74) is 3.41. The monoisotopic (exact) mass is 339 g/mol. The van der Waals surface area contributed by atoms with E-state index in [9.17, 15) is 4.79 Å². The first-order chi connectivity index (χ1) is 11.8. The molecule has 0 saturated carbocycles. The summed E-state index contributed by atoms with van der Waals surface area (Å²) in [4.78, 5) is 14.9. The van der Waals surface area contributed by atoms with Gasteiger partial charge in [-0.25, -0.2) is 4.79 Å². The minimum atomic E-state index is -0.247. The van der Waals surface area contributed by atoms with Crippen LogP contribution in [0.2, 0.25) is 0 Å². The van der Waals surface area contributed by atoms with Crippen molar-refractivity contribution in [3.8, 4) is 0 Å². The Morgan fingerprint density at radius 2 is 1.80 bits per heavy atom. The number of aromatic nitrogens is 1. The first-order valence-corrected chi connectivity index (χ1v) is 9.10. The number of hydrogen-bond donors (Lipinski definition) is 1. The van der Waals surface area contributed by atoms with E-state index >= 15 is 0 Å². The van der Waals surface area contributed by atoms with Gasteiger partial charge in [-0.15, -0.1) is 0 Å². The average Bonchev–Trinajstić information content (AvgIpc) is 3.00. The molecule has 1 N–H and O–H groups in total. The van der Waals surface area contributed by atoms with Gasteiger partial charge in [0.15, 0.2) is 0 Å². The van der Waals surface area contributed by atoms with Crippen molar-refractivity contribution >= 4 is 6.03 Å². The van der Waals surface area contributed by atoms with Crippen molar-refractivity contribution in [2.45, 2.75) is 58.7 Å². The number of urea groups is 1. The zero-order chi connectivity index (χ0) is 18.2. The second-order valence-corrected chi connectivity index (χ2v) is 8.22. The molecule has 1 atom stereocenters. The quantitative estimate of drug-likeness (QED) is 0.858. The molecule has 0 saturated heterocycles. The lowest BCUT2D eigenvalue weighted by molar-refractivity contribution is 0.161. The molecule has 3 rings (SSSR count). The average molecular weight is 339 g/mol. The Hall–Kier alpha value is -2.23. The molecular formula is C21H29N3O. The lowest BCUT2D eigenvalue weighted by Gasteiger charge is -2.39. The van der Waals surface area contributed by atoms with E-state index in [1.54, 1.807) is 0 Å². The molecule has 134 valence electrons. The van der Waals surface area contributed by atoms with Crippen molar-refractivity contribution in [3.05, 3.63) is 59.4 Å². The van der Waals surface area contributed by atoms with E-state index in [1.165, 1.54) is 11.3 Å². The number of fused-ring (bicyclic) bond motifs is 1. The molecule has 4 heteroatoms. The van der Waals surface area contributed by atoms with Gasteiger partial charge in [-0.1, -0.05) is 38.1 Å². The summed E-state index contributed by atoms with van der Waals surface area (Å²) < 4.78 is 2.25. The highest BCUT2D eigenvalue weighted by atomic mass is 16.2. The third-order valence-corrected chi connectivity index (χ3v) is 4.70. The normalized spacial score (nSPS) is 17.5. The second kappa shape index (κ2) is 6.58. The lowest BCUT2D eigenvalue weighted by atomic mass is 9.96. The van der Waals surface area contributed by atoms with Crippen LogP contribution in [0.3, 0.4) is 0 Å². The molecule has 1 aromatic carbocycles. The van der Waals surface area contributed by atoms with Crippen LogP contribution in [0.5, 0.6) is 0 Å². The highest BCUT2D eigenvalue weighted by molar-refractivity contribution is 5.76. The SMILES string of the molecule is CC(C)c1ccc([C@@H]2c3cccn3CCN2C(=O)NC(C)(C)C)cc1. The van der Waals surface area contributed by atoms with Gasteiger partial charge in [0.25, 0.3) is 0 Å². The lowest BCUT2D eigenvalue weighted by Crippen LogP contribution is -2.52. The number of nitrogens with one attached hydrogen (secondary N) is 1. The van der Waals surface area contributed by atoms with Gasteiger partial charge in [-0.3, -0.25) is 0 Å². The molecule has 2 aromatic rings. The van der Waals surface area contributed by atoms with Crippen molar-refractivity contribution in [1.82, 2.24) is 14.8 Å². The van der Waals surface area contributed by atoms with E-state index < -0.39 is 0 Å². The molecule has 4 nitrogen and oxygen atoms in total. The number of nitrogens with zero attached hydrogens (tertiary/aromatic N) is 2. The van der Waals surface area contributed by atoms with Crippen molar-refractivity contribution in [2.24, 2.45) is 0 Å². The Labute approximate surface area is 150 Å². The van der Waals surface area contributed by atoms with Crippen molar-refractivity contribution in [1.29, 1.82) is 0 Å². The highest BCUT2D eigenvalue weighted by Crippen LogP contribution is 2.33. The number of rotatable bonds is 2. The van der Waals surface area contributed by atoms with E-state index in [4.69, 9.17) is 0 Å². The van der Waals surface area contributed by atoms with Gasteiger partial charge in [0, 0.05) is 30.5 Å². The van der Waals surface area contributed by atoms with Crippen LogP contribution < -0.4 is 5.32 Å². The van der Waals surface area contributed by atoms with Crippen LogP contribution in [0.25, 0.3) is 0 Å². The fourth-order valence-corrected chi connectivity index (χ4v) is 3.41. The van der Waals surface area contributed by atoms with Crippen molar-refractivity contribution in [2.75, 3.05) is 6.54 Å². The summed E-state index contributed by atoms with van der Waals surface area (Å²) in [7, 11) is 0. The zero-order valence-electron chi connectivity index (χ0n) is 15.9. The molecule has 1 aromatic heterocycles. The van der Waals surface area contributed by atoms with Crippen molar-refractivity contribution < 1.29 is 4.79 Å². The van der Waals surface area contributed by atoms with Gasteiger partial charge in [0.1, 0.15) is 0 Å². The predicted molar refractivity (Wildman–Crippen MR) is 102 cm³/mol. The first kappa shape index (κ1) is 17.6. The Kier molecular flexibility index (Phi) is 4.63. The van der Waals surface area contributed by atoms with E-state index in [-0.39, 0.29) is 17.6 Å². The van der Waals surface area contributed by atoms with Crippen LogP contribution in [-0.4, -0.2) is 27.6 Å². The van der Waals surface area contributed by atoms with E-state index in [1.807, 2.05) is 25.7 Å². The van der Waals surface area contributed by atoms with Crippen LogP contribution in [0, 0.1) is 0 Å². The molecule has 2 amide bonds. The van der Waals surface area contributed by atoms with Crippen LogP contribution in [0.1, 0.15) is 63.4 Å². The first-order valence-electron chi connectivity index (χ1n) is 9.10. The van der Waals surface area contributed by atoms with Gasteiger partial charge < -0.3 is 14.8 Å². The molecule has 0 spiro atoms. The van der Waals surface area contributed by atoms with Crippen molar-refractivity contribution in [3.63, 3.8) is 0 Å². The molecule has 0 unspecified atom stereocenters. The standard InChI is InChI=1S/C21H29N3O/c1-15(2)16-8-10-17(11-9-16)19-18-7-6-12-23(18)13-14-24(19)20(25)22-21(3,4)5/h6-12,15,19H,13-14H2,1-5H3,(H,22,25)/t19-/m1/s1. The second-order valence-electron chi connectivity index (χ2n) is 8.22. The van der Waals surface area contributed by atoms with E-state index in [0.717, 1.165) is 12.1 Å². The van der Waals surface area contributed by atoms with Crippen LogP contribution in [0.4, 0.5) is 4.79 Å². The zero-order valence-corrected chi connectivity index (χ0v) is 15.9. The minimum Gasteiger partial charge on any atom is -0.348 e. The van der Waals surface area contributed by atoms with Crippen LogP contribution in [-0.2, 0) is 6.54 Å². The molecule has 0 bridgehead atoms. The Morgan fingerprint density at radius 1 is 1.12 bits per heavy atom. The maximum absolute atomic E-state index is 12.9. The van der Waals surface area contributed by atoms with E-state index in [0.29, 0.717) is 12.5 Å². The molecule has 1 aliphatic heterocycles. The summed E-state index contributed by atoms with van der Waals surface area (Å²) in [5, 5.41) is 3.12. The summed E-state index contributed by atoms with van der Waals surface area (Å²) in [5.74, 6) is 0.504. The smallest absolute Gasteiger partial charge is 0.318 e. The molecule has 2 heterocycles. The largest absolute Gasteiger partial charge is 0.348 e. The van der Waals surface area contributed by atoms with Crippen LogP contribution in [0.15, 0.2) is 42.6 Å². The summed E-state index contributed by atoms with van der Waals surface area (Å²) in [6, 6.07) is 12.8. The fourth-order valence-electron chi connectivity index (χ4n) is 3.41. The van der Waals surface area contributed by atoms with Gasteiger partial charge in [-0.05, 0) is 49.9 Å². The van der Waals surface area contributed by atoms with Crippen LogP contribution >= 0.6 is 0 Å². The minimum absolute atomic E-state index is 0.00196. The van der Waals surface area contributed by atoms with E-state index in [2.05, 4.69) is 66.3 Å². The summed E-state index contributed by atoms with van der Waals surface area (Å²) in [6.45, 7) is 12.0. The molecule has 1 aliphatic rings. The molecule has 0 radical (unpaired) electrons. The third kappa shape index (κ3) is 3.73. The van der Waals surface area contributed by atoms with Gasteiger partial charge in [0.2, 0.25) is 0 Å². The summed E-state index contributed by atoms with van der Waals surface area (Å²) in [6.07, 6.45) is 2.10. The summed E-state index contributed by atoms with van der Waals surface area (Å²) >= 11 is 0. The number of carbonyl (C=O) groups excluding carboxylic acids is 1. The van der Waals surface area contributed by atoms with Gasteiger partial charge >= 0.3 is 6.03 Å². The topological polar surface area (TPSA) is 37.3 Å². The number of amides is 2. The maximum Gasteiger partial charge on any atom is 0.318 e. The predicted octanol–water partition coefficient (Wildman–Crippen LogP) is 4.52. The third-order valence-electron chi connectivity index (χ3n) is 4.70. The molecule has 0 fully saturated rings. The number of hydrogen-bond acceptors (Lipinski definition) is 1. The molecular weight excluding hydrogens is 310 g/mol. The maximum atomic E-state index is 12.9. The van der Waals surface area contributed by atoms with Gasteiger partial charge in [0.05, 0.1) is 6.04 Å². The molecule has 0 aliphatic carbocycles. The fraction of sp³-hybridized carbons (Fsp3) is 0.476. The number of benzene rings is 1. The Morgan fingerprint density at radius 3 is 2.40 bits per heavy atom. The van der Waals surface area contributed by atoms with Gasteiger partial charge in [-0.2, -0.15) is 0 Å². The highest BCUT2D eigenvalue weighted by Gasteiger charge is 2.33. The number of carbonyl (C=O) groups is 1.